The number of hydrogen-bond donors (Lipinski definition) is 2. The predicted octanol–water partition coefficient (Wildman–Crippen LogP) is 4.32. The van der Waals surface area contributed by atoms with Crippen molar-refractivity contribution in [2.75, 3.05) is 4.72 Å². The van der Waals surface area contributed by atoms with Gasteiger partial charge in [0, 0.05) is 23.3 Å². The van der Waals surface area contributed by atoms with Gasteiger partial charge >= 0.3 is 0 Å². The molecule has 0 fully saturated rings. The third-order valence-electron chi connectivity index (χ3n) is 4.60. The van der Waals surface area contributed by atoms with Crippen LogP contribution in [0.25, 0.3) is 11.0 Å². The first-order valence-corrected chi connectivity index (χ1v) is 10.4. The van der Waals surface area contributed by atoms with Gasteiger partial charge in [-0.05, 0) is 42.8 Å². The number of benzene rings is 2. The smallest absolute Gasteiger partial charge is 0.264 e. The lowest BCUT2D eigenvalue weighted by Gasteiger charge is -2.12. The van der Waals surface area contributed by atoms with Gasteiger partial charge in [-0.15, -0.1) is 0 Å². The van der Waals surface area contributed by atoms with Crippen molar-refractivity contribution < 1.29 is 26.4 Å². The van der Waals surface area contributed by atoms with E-state index in [4.69, 9.17) is 0 Å². The van der Waals surface area contributed by atoms with Crippen molar-refractivity contribution in [1.29, 1.82) is 0 Å². The third-order valence-corrected chi connectivity index (χ3v) is 6.00. The number of pyridine rings is 1. The number of fused-ring (bicyclic) bond motifs is 1. The summed E-state index contributed by atoms with van der Waals surface area (Å²) in [5.74, 6) is -4.64. The van der Waals surface area contributed by atoms with Gasteiger partial charge in [-0.3, -0.25) is 9.52 Å². The molecule has 0 amide bonds. The Labute approximate surface area is 174 Å². The standard InChI is InChI=1S/C21H14F3N3O3S/c1-11-8-12-13(10-26-21(12)25-9-11)20(28)18-15(23)6-7-16(19(18)24)27-31(29,30)17-5-3-2-4-14(17)22/h2-10,27H,1H3,(H,25,26). The first-order chi connectivity index (χ1) is 14.7. The first-order valence-electron chi connectivity index (χ1n) is 8.93. The molecule has 0 spiro atoms. The number of hydrogen-bond acceptors (Lipinski definition) is 4. The summed E-state index contributed by atoms with van der Waals surface area (Å²) in [6, 6.07) is 7.72. The van der Waals surface area contributed by atoms with Crippen molar-refractivity contribution in [2.45, 2.75) is 11.8 Å². The van der Waals surface area contributed by atoms with Gasteiger partial charge in [0.2, 0.25) is 5.78 Å². The maximum atomic E-state index is 15.1. The molecule has 0 aliphatic heterocycles. The SMILES string of the molecule is Cc1cnc2[nH]cc(C(=O)c3c(F)ccc(NS(=O)(=O)c4ccccc4F)c3F)c2c1. The molecule has 158 valence electrons. The van der Waals surface area contributed by atoms with Crippen LogP contribution in [0.15, 0.2) is 59.8 Å². The Hall–Kier alpha value is -3.66. The highest BCUT2D eigenvalue weighted by Gasteiger charge is 2.27. The van der Waals surface area contributed by atoms with Crippen LogP contribution < -0.4 is 4.72 Å². The predicted molar refractivity (Wildman–Crippen MR) is 108 cm³/mol. The lowest BCUT2D eigenvalue weighted by molar-refractivity contribution is 0.103. The number of aryl methyl sites for hydroxylation is 1. The molecule has 0 saturated heterocycles. The number of nitrogens with zero attached hydrogens (tertiary/aromatic N) is 1. The van der Waals surface area contributed by atoms with Crippen LogP contribution in [0.4, 0.5) is 18.9 Å². The topological polar surface area (TPSA) is 91.9 Å². The van der Waals surface area contributed by atoms with E-state index in [1.165, 1.54) is 18.3 Å². The molecule has 4 aromatic rings. The van der Waals surface area contributed by atoms with Gasteiger partial charge in [0.15, 0.2) is 5.82 Å². The van der Waals surface area contributed by atoms with E-state index < -0.39 is 49.4 Å². The van der Waals surface area contributed by atoms with Crippen LogP contribution in [0.5, 0.6) is 0 Å². The number of H-pyrrole nitrogens is 1. The number of carbonyl (C=O) groups excluding carboxylic acids is 1. The number of sulfonamides is 1. The van der Waals surface area contributed by atoms with Gasteiger partial charge < -0.3 is 4.98 Å². The summed E-state index contributed by atoms with van der Waals surface area (Å²) in [6.45, 7) is 1.74. The number of carbonyl (C=O) groups is 1. The molecule has 2 aromatic heterocycles. The molecule has 4 rings (SSSR count). The first kappa shape index (κ1) is 20.6. The Kier molecular flexibility index (Phi) is 5.02. The van der Waals surface area contributed by atoms with Gasteiger partial charge in [0.05, 0.1) is 11.3 Å². The second kappa shape index (κ2) is 7.55. The van der Waals surface area contributed by atoms with Gasteiger partial charge in [-0.1, -0.05) is 12.1 Å². The minimum absolute atomic E-state index is 0.0295. The maximum Gasteiger partial charge on any atom is 0.264 e. The van der Waals surface area contributed by atoms with Crippen LogP contribution >= 0.6 is 0 Å². The number of ketones is 1. The zero-order chi connectivity index (χ0) is 22.3. The number of rotatable bonds is 5. The fourth-order valence-electron chi connectivity index (χ4n) is 3.13. The number of anilines is 1. The Morgan fingerprint density at radius 1 is 1.06 bits per heavy atom. The summed E-state index contributed by atoms with van der Waals surface area (Å²) < 4.78 is 70.3. The van der Waals surface area contributed by atoms with Crippen molar-refractivity contribution in [2.24, 2.45) is 0 Å². The van der Waals surface area contributed by atoms with Crippen molar-refractivity contribution in [3.05, 3.63) is 89.0 Å². The quantitative estimate of drug-likeness (QED) is 0.448. The molecule has 0 aliphatic rings. The molecule has 0 bridgehead atoms. The molecule has 0 unspecified atom stereocenters. The van der Waals surface area contributed by atoms with Crippen LogP contribution in [0.2, 0.25) is 0 Å². The van der Waals surface area contributed by atoms with Crippen LogP contribution in [0.1, 0.15) is 21.5 Å². The maximum absolute atomic E-state index is 15.1. The number of halogens is 3. The minimum Gasteiger partial charge on any atom is -0.345 e. The monoisotopic (exact) mass is 445 g/mol. The molecule has 0 atom stereocenters. The molecule has 6 nitrogen and oxygen atoms in total. The molecule has 0 saturated carbocycles. The van der Waals surface area contributed by atoms with Gasteiger partial charge in [0.25, 0.3) is 10.0 Å². The average Bonchev–Trinajstić information content (AvgIpc) is 3.13. The van der Waals surface area contributed by atoms with E-state index >= 15 is 4.39 Å². The molecule has 31 heavy (non-hydrogen) atoms. The second-order valence-corrected chi connectivity index (χ2v) is 8.41. The number of aromatic amines is 1. The summed E-state index contributed by atoms with van der Waals surface area (Å²) in [6.07, 6.45) is 2.83. The molecule has 10 heteroatoms. The molecule has 0 aliphatic carbocycles. The van der Waals surface area contributed by atoms with Crippen LogP contribution in [-0.2, 0) is 10.0 Å². The van der Waals surface area contributed by atoms with Gasteiger partial charge in [-0.25, -0.2) is 26.6 Å². The van der Waals surface area contributed by atoms with Crippen molar-refractivity contribution in [3.8, 4) is 0 Å². The average molecular weight is 445 g/mol. The van der Waals surface area contributed by atoms with Crippen molar-refractivity contribution in [1.82, 2.24) is 9.97 Å². The van der Waals surface area contributed by atoms with Crippen LogP contribution in [-0.4, -0.2) is 24.2 Å². The molecule has 2 heterocycles. The summed E-state index contributed by atoms with van der Waals surface area (Å²) in [5, 5.41) is 0.362. The molecular formula is C21H14F3N3O3S. The summed E-state index contributed by atoms with van der Waals surface area (Å²) in [4.78, 5) is 19.1. The summed E-state index contributed by atoms with van der Waals surface area (Å²) in [5.41, 5.74) is -0.587. The van der Waals surface area contributed by atoms with E-state index in [9.17, 15) is 22.0 Å². The highest BCUT2D eigenvalue weighted by molar-refractivity contribution is 7.92. The van der Waals surface area contributed by atoms with E-state index in [1.54, 1.807) is 19.2 Å². The highest BCUT2D eigenvalue weighted by atomic mass is 32.2. The summed E-state index contributed by atoms with van der Waals surface area (Å²) in [7, 11) is -4.53. The second-order valence-electron chi connectivity index (χ2n) is 6.76. The van der Waals surface area contributed by atoms with E-state index in [2.05, 4.69) is 9.97 Å². The largest absolute Gasteiger partial charge is 0.345 e. The van der Waals surface area contributed by atoms with Crippen LogP contribution in [0, 0.1) is 24.4 Å². The van der Waals surface area contributed by atoms with E-state index in [0.29, 0.717) is 11.0 Å². The van der Waals surface area contributed by atoms with E-state index in [1.807, 2.05) is 4.72 Å². The Morgan fingerprint density at radius 2 is 1.81 bits per heavy atom. The fraction of sp³-hybridized carbons (Fsp3) is 0.0476. The lowest BCUT2D eigenvalue weighted by Crippen LogP contribution is -2.17. The Balaban J connectivity index is 1.78. The molecule has 2 aromatic carbocycles. The van der Waals surface area contributed by atoms with Gasteiger partial charge in [0.1, 0.15) is 22.2 Å². The van der Waals surface area contributed by atoms with E-state index in [-0.39, 0.29) is 5.56 Å². The zero-order valence-corrected chi connectivity index (χ0v) is 16.7. The number of aromatic nitrogens is 2. The Morgan fingerprint density at radius 3 is 2.55 bits per heavy atom. The minimum atomic E-state index is -4.53. The summed E-state index contributed by atoms with van der Waals surface area (Å²) >= 11 is 0. The van der Waals surface area contributed by atoms with Gasteiger partial charge in [-0.2, -0.15) is 0 Å². The third kappa shape index (κ3) is 3.66. The normalized spacial score (nSPS) is 11.6. The van der Waals surface area contributed by atoms with Crippen molar-refractivity contribution in [3.63, 3.8) is 0 Å². The zero-order valence-electron chi connectivity index (χ0n) is 15.9. The van der Waals surface area contributed by atoms with E-state index in [0.717, 1.165) is 29.8 Å². The molecule has 2 N–H and O–H groups in total. The molecule has 0 radical (unpaired) electrons. The lowest BCUT2D eigenvalue weighted by atomic mass is 10.0. The Bertz CT molecular complexity index is 1450. The number of nitrogens with one attached hydrogen (secondary N) is 2. The van der Waals surface area contributed by atoms with Crippen molar-refractivity contribution >= 4 is 32.5 Å². The highest BCUT2D eigenvalue weighted by Crippen LogP contribution is 2.28. The molecular weight excluding hydrogens is 431 g/mol. The van der Waals surface area contributed by atoms with Crippen LogP contribution in [0.3, 0.4) is 0 Å². The fourth-order valence-corrected chi connectivity index (χ4v) is 4.27.